The second kappa shape index (κ2) is 5.90. The van der Waals surface area contributed by atoms with Crippen molar-refractivity contribution in [2.75, 3.05) is 5.73 Å². The molecule has 0 aliphatic heterocycles. The second-order valence-electron chi connectivity index (χ2n) is 4.23. The summed E-state index contributed by atoms with van der Waals surface area (Å²) in [4.78, 5) is -0.109. The van der Waals surface area contributed by atoms with Gasteiger partial charge in [-0.2, -0.15) is 5.26 Å². The van der Waals surface area contributed by atoms with E-state index in [4.69, 9.17) is 11.0 Å². The first-order chi connectivity index (χ1) is 9.97. The van der Waals surface area contributed by atoms with Gasteiger partial charge in [0.25, 0.3) is 0 Å². The molecule has 9 heteroatoms. The summed E-state index contributed by atoms with van der Waals surface area (Å²) in [5.74, 6) is 0.495. The summed E-state index contributed by atoms with van der Waals surface area (Å²) in [6, 6.07) is 5.89. The van der Waals surface area contributed by atoms with Gasteiger partial charge in [-0.15, -0.1) is 10.2 Å². The van der Waals surface area contributed by atoms with Crippen LogP contribution in [-0.4, -0.2) is 23.2 Å². The smallest absolute Gasteiger partial charge is 0.242 e. The van der Waals surface area contributed by atoms with E-state index >= 15 is 0 Å². The van der Waals surface area contributed by atoms with Gasteiger partial charge < -0.3 is 10.3 Å². The summed E-state index contributed by atoms with van der Waals surface area (Å²) >= 11 is 0. The third kappa shape index (κ3) is 3.18. The minimum Gasteiger partial charge on any atom is -0.399 e. The molecule has 0 spiro atoms. The van der Waals surface area contributed by atoms with E-state index in [1.807, 2.05) is 13.0 Å². The molecule has 0 fully saturated rings. The molecule has 2 aromatic rings. The quantitative estimate of drug-likeness (QED) is 0.761. The topological polar surface area (TPSA) is 127 Å². The fraction of sp³-hybridized carbons (Fsp3) is 0.250. The van der Waals surface area contributed by atoms with Crippen LogP contribution < -0.4 is 10.5 Å². The molecule has 2 rings (SSSR count). The number of sulfonamides is 1. The van der Waals surface area contributed by atoms with Crippen LogP contribution in [0.15, 0.2) is 29.4 Å². The fourth-order valence-electron chi connectivity index (χ4n) is 1.79. The van der Waals surface area contributed by atoms with Gasteiger partial charge in [0.05, 0.1) is 17.0 Å². The van der Waals surface area contributed by atoms with Crippen molar-refractivity contribution in [1.82, 2.24) is 19.5 Å². The largest absolute Gasteiger partial charge is 0.399 e. The first kappa shape index (κ1) is 15.0. The number of nitrogen functional groups attached to an aromatic ring is 1. The number of nitrogens with one attached hydrogen (secondary N) is 1. The van der Waals surface area contributed by atoms with E-state index in [2.05, 4.69) is 14.9 Å². The standard InChI is InChI=1S/C12H14N6O2S/c1-2-18-8-15-17-12(18)7-16-21(19,20)11-4-3-10(14)5-9(11)6-13/h3-5,8,16H,2,7,14H2,1H3. The molecular formula is C12H14N6O2S. The molecule has 0 aliphatic rings. The Hall–Kier alpha value is -2.44. The molecule has 0 saturated heterocycles. The number of nitrogens with two attached hydrogens (primary N) is 1. The summed E-state index contributed by atoms with van der Waals surface area (Å²) in [6.07, 6.45) is 1.52. The van der Waals surface area contributed by atoms with Crippen LogP contribution in [0.5, 0.6) is 0 Å². The summed E-state index contributed by atoms with van der Waals surface area (Å²) in [7, 11) is -3.83. The van der Waals surface area contributed by atoms with E-state index < -0.39 is 10.0 Å². The molecule has 1 heterocycles. The van der Waals surface area contributed by atoms with E-state index in [0.29, 0.717) is 18.1 Å². The fourth-order valence-corrected chi connectivity index (χ4v) is 2.90. The van der Waals surface area contributed by atoms with Crippen molar-refractivity contribution in [3.05, 3.63) is 35.9 Å². The number of nitrogens with zero attached hydrogens (tertiary/aromatic N) is 4. The van der Waals surface area contributed by atoms with E-state index in [9.17, 15) is 8.42 Å². The lowest BCUT2D eigenvalue weighted by Crippen LogP contribution is -2.25. The molecule has 0 saturated carbocycles. The molecule has 0 unspecified atom stereocenters. The summed E-state index contributed by atoms with van der Waals surface area (Å²) in [5.41, 5.74) is 5.88. The Bertz CT molecular complexity index is 790. The highest BCUT2D eigenvalue weighted by Crippen LogP contribution is 2.18. The Morgan fingerprint density at radius 1 is 1.48 bits per heavy atom. The van der Waals surface area contributed by atoms with Crippen molar-refractivity contribution in [3.8, 4) is 6.07 Å². The lowest BCUT2D eigenvalue weighted by Gasteiger charge is -2.09. The Morgan fingerprint density at radius 3 is 2.90 bits per heavy atom. The van der Waals surface area contributed by atoms with Gasteiger partial charge in [-0.3, -0.25) is 0 Å². The highest BCUT2D eigenvalue weighted by molar-refractivity contribution is 7.89. The van der Waals surface area contributed by atoms with Crippen LogP contribution in [0, 0.1) is 11.3 Å². The van der Waals surface area contributed by atoms with Crippen molar-refractivity contribution in [2.45, 2.75) is 24.9 Å². The molecule has 1 aromatic carbocycles. The SMILES string of the molecule is CCn1cnnc1CNS(=O)(=O)c1ccc(N)cc1C#N. The van der Waals surface area contributed by atoms with Gasteiger partial charge in [0.15, 0.2) is 0 Å². The molecule has 3 N–H and O–H groups in total. The Labute approximate surface area is 122 Å². The number of hydrogen-bond donors (Lipinski definition) is 2. The van der Waals surface area contributed by atoms with Crippen LogP contribution in [0.25, 0.3) is 0 Å². The van der Waals surface area contributed by atoms with Crippen LogP contribution in [-0.2, 0) is 23.1 Å². The van der Waals surface area contributed by atoms with Crippen LogP contribution in [0.2, 0.25) is 0 Å². The molecule has 0 bridgehead atoms. The number of aryl methyl sites for hydroxylation is 1. The van der Waals surface area contributed by atoms with Crippen molar-refractivity contribution in [2.24, 2.45) is 0 Å². The predicted molar refractivity (Wildman–Crippen MR) is 75.3 cm³/mol. The van der Waals surface area contributed by atoms with E-state index in [1.165, 1.54) is 24.5 Å². The third-order valence-corrected chi connectivity index (χ3v) is 4.33. The van der Waals surface area contributed by atoms with Crippen LogP contribution in [0.3, 0.4) is 0 Å². The van der Waals surface area contributed by atoms with Crippen molar-refractivity contribution < 1.29 is 8.42 Å². The minimum absolute atomic E-state index is 0.000502. The van der Waals surface area contributed by atoms with E-state index in [1.54, 1.807) is 4.57 Å². The Kier molecular flexibility index (Phi) is 4.21. The van der Waals surface area contributed by atoms with Gasteiger partial charge in [0.2, 0.25) is 10.0 Å². The summed E-state index contributed by atoms with van der Waals surface area (Å²) in [6.45, 7) is 2.52. The number of nitriles is 1. The zero-order valence-corrected chi connectivity index (χ0v) is 12.1. The average molecular weight is 306 g/mol. The minimum atomic E-state index is -3.83. The number of aromatic nitrogens is 3. The lowest BCUT2D eigenvalue weighted by atomic mass is 10.2. The molecule has 0 atom stereocenters. The monoisotopic (exact) mass is 306 g/mol. The number of hydrogen-bond acceptors (Lipinski definition) is 6. The van der Waals surface area contributed by atoms with Gasteiger partial charge in [-0.1, -0.05) is 0 Å². The molecule has 1 aromatic heterocycles. The molecule has 0 amide bonds. The Balaban J connectivity index is 2.26. The highest BCUT2D eigenvalue weighted by atomic mass is 32.2. The van der Waals surface area contributed by atoms with Gasteiger partial charge in [0.1, 0.15) is 18.2 Å². The molecule has 8 nitrogen and oxygen atoms in total. The Morgan fingerprint density at radius 2 is 2.24 bits per heavy atom. The average Bonchev–Trinajstić information content (AvgIpc) is 2.92. The van der Waals surface area contributed by atoms with Crippen LogP contribution in [0.4, 0.5) is 5.69 Å². The number of anilines is 1. The molecule has 110 valence electrons. The molecule has 0 aliphatic carbocycles. The normalized spacial score (nSPS) is 11.2. The molecular weight excluding hydrogens is 292 g/mol. The van der Waals surface area contributed by atoms with E-state index in [-0.39, 0.29) is 17.0 Å². The summed E-state index contributed by atoms with van der Waals surface area (Å²) < 4.78 is 28.6. The van der Waals surface area contributed by atoms with Crippen molar-refractivity contribution >= 4 is 15.7 Å². The zero-order chi connectivity index (χ0) is 15.5. The zero-order valence-electron chi connectivity index (χ0n) is 11.3. The van der Waals surface area contributed by atoms with Crippen molar-refractivity contribution in [1.29, 1.82) is 5.26 Å². The van der Waals surface area contributed by atoms with Gasteiger partial charge >= 0.3 is 0 Å². The highest BCUT2D eigenvalue weighted by Gasteiger charge is 2.19. The van der Waals surface area contributed by atoms with Gasteiger partial charge in [-0.25, -0.2) is 13.1 Å². The maximum Gasteiger partial charge on any atom is 0.242 e. The van der Waals surface area contributed by atoms with E-state index in [0.717, 1.165) is 0 Å². The summed E-state index contributed by atoms with van der Waals surface area (Å²) in [5, 5.41) is 16.6. The second-order valence-corrected chi connectivity index (χ2v) is 5.96. The first-order valence-electron chi connectivity index (χ1n) is 6.14. The van der Waals surface area contributed by atoms with Crippen LogP contribution in [0.1, 0.15) is 18.3 Å². The van der Waals surface area contributed by atoms with Crippen molar-refractivity contribution in [3.63, 3.8) is 0 Å². The number of benzene rings is 1. The first-order valence-corrected chi connectivity index (χ1v) is 7.62. The molecule has 0 radical (unpaired) electrons. The predicted octanol–water partition coefficient (Wildman–Crippen LogP) is 0.230. The maximum atomic E-state index is 12.3. The lowest BCUT2D eigenvalue weighted by molar-refractivity contribution is 0.575. The molecule has 21 heavy (non-hydrogen) atoms. The maximum absolute atomic E-state index is 12.3. The van der Waals surface area contributed by atoms with Crippen LogP contribution >= 0.6 is 0 Å². The third-order valence-electron chi connectivity index (χ3n) is 2.87. The van der Waals surface area contributed by atoms with Gasteiger partial charge in [-0.05, 0) is 25.1 Å². The number of rotatable bonds is 5. The van der Waals surface area contributed by atoms with Gasteiger partial charge in [0, 0.05) is 12.2 Å².